The Labute approximate surface area is 54.6 Å². The fraction of sp³-hybridized carbons (Fsp3) is 0.857. The van der Waals surface area contributed by atoms with Crippen LogP contribution in [0.4, 0.5) is 0 Å². The molecule has 0 saturated heterocycles. The van der Waals surface area contributed by atoms with E-state index in [1.54, 1.807) is 0 Å². The van der Waals surface area contributed by atoms with Crippen LogP contribution in [0.25, 0.3) is 0 Å². The molecule has 0 spiro atoms. The first kappa shape index (κ1) is 5.27. The summed E-state index contributed by atoms with van der Waals surface area (Å²) in [4.78, 5) is 10.1. The van der Waals surface area contributed by atoms with Gasteiger partial charge in [0.2, 0.25) is 6.41 Å². The number of hydrogen-bond donors (Lipinski definition) is 1. The van der Waals surface area contributed by atoms with Crippen LogP contribution in [-0.4, -0.2) is 11.9 Å². The minimum Gasteiger partial charge on any atom is -0.353 e. The third-order valence-corrected chi connectivity index (χ3v) is 2.49. The third-order valence-electron chi connectivity index (χ3n) is 2.49. The number of amides is 1. The van der Waals surface area contributed by atoms with Crippen LogP contribution in [0.1, 0.15) is 25.7 Å². The summed E-state index contributed by atoms with van der Waals surface area (Å²) in [5.41, 5.74) is 0.293. The molecule has 0 radical (unpaired) electrons. The summed E-state index contributed by atoms with van der Waals surface area (Å²) in [6.07, 6.45) is 5.96. The molecule has 2 saturated carbocycles. The number of carbonyl (C=O) groups excluding carboxylic acids is 1. The van der Waals surface area contributed by atoms with Gasteiger partial charge in [0.05, 0.1) is 0 Å². The van der Waals surface area contributed by atoms with Gasteiger partial charge in [-0.2, -0.15) is 0 Å². The Bertz CT molecular complexity index is 136. The predicted molar refractivity (Wildman–Crippen MR) is 33.9 cm³/mol. The van der Waals surface area contributed by atoms with E-state index >= 15 is 0 Å². The summed E-state index contributed by atoms with van der Waals surface area (Å²) in [7, 11) is 0. The largest absolute Gasteiger partial charge is 0.353 e. The van der Waals surface area contributed by atoms with Gasteiger partial charge in [-0.05, 0) is 31.6 Å². The van der Waals surface area contributed by atoms with Crippen molar-refractivity contribution in [3.63, 3.8) is 0 Å². The monoisotopic (exact) mass is 125 g/mol. The molecular formula is C7H11NO. The summed E-state index contributed by atoms with van der Waals surface area (Å²) in [5.74, 6) is 0.836. The van der Waals surface area contributed by atoms with E-state index in [1.165, 1.54) is 25.7 Å². The van der Waals surface area contributed by atoms with Crippen LogP contribution in [0.15, 0.2) is 0 Å². The molecule has 1 amide bonds. The molecule has 0 atom stereocenters. The molecule has 2 fully saturated rings. The predicted octanol–water partition coefficient (Wildman–Crippen LogP) is 0.675. The molecule has 50 valence electrons. The lowest BCUT2D eigenvalue weighted by atomic mass is 10.1. The second-order valence-corrected chi connectivity index (χ2v) is 3.19. The van der Waals surface area contributed by atoms with Gasteiger partial charge in [-0.25, -0.2) is 0 Å². The molecule has 0 aromatic carbocycles. The van der Waals surface area contributed by atoms with Crippen LogP contribution >= 0.6 is 0 Å². The van der Waals surface area contributed by atoms with Crippen LogP contribution in [0, 0.1) is 5.92 Å². The maximum Gasteiger partial charge on any atom is 0.207 e. The van der Waals surface area contributed by atoms with Gasteiger partial charge in [0.15, 0.2) is 0 Å². The zero-order chi connectivity index (χ0) is 6.32. The van der Waals surface area contributed by atoms with Crippen molar-refractivity contribution in [3.05, 3.63) is 0 Å². The van der Waals surface area contributed by atoms with Gasteiger partial charge in [-0.3, -0.25) is 4.79 Å². The van der Waals surface area contributed by atoms with Crippen LogP contribution in [-0.2, 0) is 4.79 Å². The molecule has 2 heteroatoms. The van der Waals surface area contributed by atoms with E-state index in [9.17, 15) is 4.79 Å². The first-order valence-electron chi connectivity index (χ1n) is 3.59. The maximum absolute atomic E-state index is 10.1. The zero-order valence-corrected chi connectivity index (χ0v) is 5.39. The van der Waals surface area contributed by atoms with Crippen LogP contribution in [0.2, 0.25) is 0 Å². The highest BCUT2D eigenvalue weighted by Crippen LogP contribution is 2.53. The summed E-state index contributed by atoms with van der Waals surface area (Å²) >= 11 is 0. The fourth-order valence-corrected chi connectivity index (χ4v) is 1.56. The Balaban J connectivity index is 1.96. The van der Waals surface area contributed by atoms with Gasteiger partial charge in [0.1, 0.15) is 0 Å². The molecule has 0 aromatic rings. The molecule has 2 nitrogen and oxygen atoms in total. The number of carbonyl (C=O) groups is 1. The Hall–Kier alpha value is -0.530. The third kappa shape index (κ3) is 0.732. The Morgan fingerprint density at radius 1 is 1.44 bits per heavy atom. The highest BCUT2D eigenvalue weighted by atomic mass is 16.1. The summed E-state index contributed by atoms with van der Waals surface area (Å²) < 4.78 is 0. The maximum atomic E-state index is 10.1. The van der Waals surface area contributed by atoms with Gasteiger partial charge < -0.3 is 5.32 Å². The molecule has 0 aliphatic heterocycles. The molecule has 1 N–H and O–H groups in total. The van der Waals surface area contributed by atoms with Gasteiger partial charge in [0, 0.05) is 5.54 Å². The Morgan fingerprint density at radius 2 is 2.11 bits per heavy atom. The average molecular weight is 125 g/mol. The van der Waals surface area contributed by atoms with Crippen molar-refractivity contribution in [1.82, 2.24) is 5.32 Å². The van der Waals surface area contributed by atoms with Crippen molar-refractivity contribution >= 4 is 6.41 Å². The molecule has 0 heterocycles. The molecule has 2 aliphatic rings. The smallest absolute Gasteiger partial charge is 0.207 e. The van der Waals surface area contributed by atoms with Gasteiger partial charge in [-0.1, -0.05) is 0 Å². The van der Waals surface area contributed by atoms with E-state index in [1.807, 2.05) is 0 Å². The number of nitrogens with one attached hydrogen (secondary N) is 1. The van der Waals surface area contributed by atoms with E-state index in [0.717, 1.165) is 12.3 Å². The first-order valence-corrected chi connectivity index (χ1v) is 3.59. The van der Waals surface area contributed by atoms with E-state index in [0.29, 0.717) is 5.54 Å². The van der Waals surface area contributed by atoms with E-state index in [2.05, 4.69) is 5.32 Å². The number of rotatable bonds is 3. The molecule has 0 bridgehead atoms. The number of hydrogen-bond acceptors (Lipinski definition) is 1. The normalized spacial score (nSPS) is 29.3. The van der Waals surface area contributed by atoms with E-state index < -0.39 is 0 Å². The molecule has 2 aliphatic carbocycles. The van der Waals surface area contributed by atoms with Crippen molar-refractivity contribution in [3.8, 4) is 0 Å². The summed E-state index contributed by atoms with van der Waals surface area (Å²) in [6.45, 7) is 0. The highest BCUT2D eigenvalue weighted by molar-refractivity contribution is 5.50. The fourth-order valence-electron chi connectivity index (χ4n) is 1.56. The zero-order valence-electron chi connectivity index (χ0n) is 5.39. The average Bonchev–Trinajstić information content (AvgIpc) is 2.61. The second kappa shape index (κ2) is 1.49. The second-order valence-electron chi connectivity index (χ2n) is 3.19. The van der Waals surface area contributed by atoms with Crippen molar-refractivity contribution in [2.24, 2.45) is 5.92 Å². The van der Waals surface area contributed by atoms with Gasteiger partial charge in [-0.15, -0.1) is 0 Å². The minimum absolute atomic E-state index is 0.293. The van der Waals surface area contributed by atoms with Crippen molar-refractivity contribution < 1.29 is 4.79 Å². The highest BCUT2D eigenvalue weighted by Gasteiger charge is 2.53. The molecular weight excluding hydrogens is 114 g/mol. The van der Waals surface area contributed by atoms with Crippen LogP contribution < -0.4 is 5.32 Å². The Kier molecular flexibility index (Phi) is 0.875. The summed E-state index contributed by atoms with van der Waals surface area (Å²) in [6, 6.07) is 0. The van der Waals surface area contributed by atoms with Crippen LogP contribution in [0.5, 0.6) is 0 Å². The van der Waals surface area contributed by atoms with Crippen molar-refractivity contribution in [2.75, 3.05) is 0 Å². The lowest BCUT2D eigenvalue weighted by Gasteiger charge is -2.10. The van der Waals surface area contributed by atoms with E-state index in [-0.39, 0.29) is 0 Å². The molecule has 9 heavy (non-hydrogen) atoms. The van der Waals surface area contributed by atoms with Crippen LogP contribution in [0.3, 0.4) is 0 Å². The van der Waals surface area contributed by atoms with Gasteiger partial charge >= 0.3 is 0 Å². The van der Waals surface area contributed by atoms with E-state index in [4.69, 9.17) is 0 Å². The topological polar surface area (TPSA) is 29.1 Å². The quantitative estimate of drug-likeness (QED) is 0.552. The molecule has 2 rings (SSSR count). The van der Waals surface area contributed by atoms with Gasteiger partial charge in [0.25, 0.3) is 0 Å². The molecule has 0 unspecified atom stereocenters. The summed E-state index contributed by atoms with van der Waals surface area (Å²) in [5, 5.41) is 2.91. The first-order chi connectivity index (χ1) is 4.37. The Morgan fingerprint density at radius 3 is 2.44 bits per heavy atom. The lowest BCUT2D eigenvalue weighted by molar-refractivity contribution is -0.110. The standard InChI is InChI=1S/C7H11NO/c9-5-8-7(3-4-7)6-1-2-6/h5-6H,1-4H2,(H,8,9). The minimum atomic E-state index is 0.293. The molecule has 0 aromatic heterocycles. The SMILES string of the molecule is O=CNC1(C2CC2)CC1. The van der Waals surface area contributed by atoms with Crippen molar-refractivity contribution in [1.29, 1.82) is 0 Å². The van der Waals surface area contributed by atoms with Crippen molar-refractivity contribution in [2.45, 2.75) is 31.2 Å². The lowest BCUT2D eigenvalue weighted by Crippen LogP contribution is -2.31.